The lowest BCUT2D eigenvalue weighted by atomic mass is 9.98. The Morgan fingerprint density at radius 2 is 1.67 bits per heavy atom. The molecule has 0 aliphatic carbocycles. The van der Waals surface area contributed by atoms with Gasteiger partial charge >= 0.3 is 0 Å². The first-order valence-electron chi connectivity index (χ1n) is 11.5. The van der Waals surface area contributed by atoms with Crippen LogP contribution in [-0.4, -0.2) is 28.7 Å². The molecule has 5 rings (SSSR count). The average Bonchev–Trinajstić information content (AvgIpc) is 3.38. The summed E-state index contributed by atoms with van der Waals surface area (Å²) in [6, 6.07) is 28.5. The number of rotatable bonds is 7. The lowest BCUT2D eigenvalue weighted by Crippen LogP contribution is -2.27. The zero-order valence-electron chi connectivity index (χ0n) is 19.7. The van der Waals surface area contributed by atoms with Gasteiger partial charge in [0.2, 0.25) is 0 Å². The number of carbonyl (C=O) groups is 1. The van der Waals surface area contributed by atoms with Crippen molar-refractivity contribution in [2.75, 3.05) is 7.11 Å². The molecular weight excluding hydrogens is 474 g/mol. The smallest absolute Gasteiger partial charge is 0.276 e. The Kier molecular flexibility index (Phi) is 6.96. The molecule has 4 aromatic rings. The molecule has 1 atom stereocenters. The number of hydrogen-bond donors (Lipinski definition) is 0. The van der Waals surface area contributed by atoms with Crippen LogP contribution in [0.2, 0.25) is 5.15 Å². The van der Waals surface area contributed by atoms with Crippen molar-refractivity contribution < 1.29 is 14.3 Å². The zero-order chi connectivity index (χ0) is 24.9. The number of benzene rings is 3. The van der Waals surface area contributed by atoms with Crippen molar-refractivity contribution in [1.29, 1.82) is 0 Å². The predicted molar refractivity (Wildman–Crippen MR) is 140 cm³/mol. The SMILES string of the molecule is COc1ccc(C2=NN(C(=O)c3ccc(Cl)nc3)C(c3ccc(OCc4ccccc4)cc3)C2)cc1. The van der Waals surface area contributed by atoms with Gasteiger partial charge in [-0.2, -0.15) is 5.10 Å². The van der Waals surface area contributed by atoms with E-state index >= 15 is 0 Å². The number of halogens is 1. The highest BCUT2D eigenvalue weighted by Gasteiger charge is 2.34. The number of aromatic nitrogens is 1. The highest BCUT2D eigenvalue weighted by atomic mass is 35.5. The first-order valence-corrected chi connectivity index (χ1v) is 11.9. The van der Waals surface area contributed by atoms with Gasteiger partial charge in [0.15, 0.2) is 0 Å². The van der Waals surface area contributed by atoms with Gasteiger partial charge < -0.3 is 9.47 Å². The third kappa shape index (κ3) is 5.24. The quantitative estimate of drug-likeness (QED) is 0.280. The Bertz CT molecular complexity index is 1360. The molecule has 0 radical (unpaired) electrons. The summed E-state index contributed by atoms with van der Waals surface area (Å²) in [6.07, 6.45) is 2.05. The number of methoxy groups -OCH3 is 1. The van der Waals surface area contributed by atoms with Gasteiger partial charge in [-0.15, -0.1) is 0 Å². The van der Waals surface area contributed by atoms with Crippen LogP contribution in [0.1, 0.15) is 39.5 Å². The van der Waals surface area contributed by atoms with Crippen LogP contribution in [0.3, 0.4) is 0 Å². The number of pyridine rings is 1. The molecule has 0 N–H and O–H groups in total. The first kappa shape index (κ1) is 23.6. The number of nitrogens with zero attached hydrogens (tertiary/aromatic N) is 3. The Balaban J connectivity index is 1.39. The summed E-state index contributed by atoms with van der Waals surface area (Å²) in [6.45, 7) is 0.489. The van der Waals surface area contributed by atoms with Gasteiger partial charge in [-0.1, -0.05) is 54.1 Å². The number of amides is 1. The summed E-state index contributed by atoms with van der Waals surface area (Å²) in [7, 11) is 1.63. The van der Waals surface area contributed by atoms with Crippen molar-refractivity contribution in [2.24, 2.45) is 5.10 Å². The van der Waals surface area contributed by atoms with Gasteiger partial charge in [-0.3, -0.25) is 4.79 Å². The van der Waals surface area contributed by atoms with Crippen LogP contribution in [0.4, 0.5) is 0 Å². The third-order valence-corrected chi connectivity index (χ3v) is 6.25. The molecule has 0 saturated heterocycles. The third-order valence-electron chi connectivity index (χ3n) is 6.03. The van der Waals surface area contributed by atoms with Gasteiger partial charge in [0.1, 0.15) is 23.3 Å². The predicted octanol–water partition coefficient (Wildman–Crippen LogP) is 6.31. The molecule has 1 aromatic heterocycles. The zero-order valence-corrected chi connectivity index (χ0v) is 20.4. The average molecular weight is 498 g/mol. The van der Waals surface area contributed by atoms with Crippen LogP contribution < -0.4 is 9.47 Å². The van der Waals surface area contributed by atoms with Crippen LogP contribution in [0.25, 0.3) is 0 Å². The first-order chi connectivity index (χ1) is 17.6. The van der Waals surface area contributed by atoms with E-state index in [0.717, 1.165) is 33.9 Å². The molecule has 7 heteroatoms. The molecule has 180 valence electrons. The molecule has 0 spiro atoms. The van der Waals surface area contributed by atoms with Crippen LogP contribution in [0.15, 0.2) is 102 Å². The fourth-order valence-electron chi connectivity index (χ4n) is 4.08. The Labute approximate surface area is 214 Å². The van der Waals surface area contributed by atoms with E-state index in [1.807, 2.05) is 78.9 Å². The standard InChI is InChI=1S/C29H24ClN3O3/c1-35-24-12-7-21(8-13-24)26-17-27(33(32-26)29(34)23-11-16-28(30)31-18-23)22-9-14-25(15-10-22)36-19-20-5-3-2-4-6-20/h2-16,18,27H,17,19H2,1H3. The normalized spacial score (nSPS) is 14.9. The van der Waals surface area contributed by atoms with Crippen molar-refractivity contribution in [3.05, 3.63) is 125 Å². The highest BCUT2D eigenvalue weighted by Crippen LogP contribution is 2.35. The molecule has 1 aliphatic rings. The van der Waals surface area contributed by atoms with Crippen molar-refractivity contribution in [2.45, 2.75) is 19.1 Å². The summed E-state index contributed by atoms with van der Waals surface area (Å²) >= 11 is 5.92. The molecule has 3 aromatic carbocycles. The number of hydrogen-bond acceptors (Lipinski definition) is 5. The minimum Gasteiger partial charge on any atom is -0.497 e. The maximum atomic E-state index is 13.4. The van der Waals surface area contributed by atoms with Crippen LogP contribution in [-0.2, 0) is 6.61 Å². The van der Waals surface area contributed by atoms with E-state index in [1.54, 1.807) is 19.2 Å². The van der Waals surface area contributed by atoms with E-state index in [-0.39, 0.29) is 11.9 Å². The van der Waals surface area contributed by atoms with Gasteiger partial charge in [-0.05, 0) is 65.2 Å². The Morgan fingerprint density at radius 3 is 2.33 bits per heavy atom. The van der Waals surface area contributed by atoms with E-state index in [4.69, 9.17) is 26.2 Å². The molecule has 36 heavy (non-hydrogen) atoms. The molecule has 6 nitrogen and oxygen atoms in total. The largest absolute Gasteiger partial charge is 0.497 e. The fourth-order valence-corrected chi connectivity index (χ4v) is 4.19. The van der Waals surface area contributed by atoms with Gasteiger partial charge in [-0.25, -0.2) is 9.99 Å². The number of hydrazone groups is 1. The summed E-state index contributed by atoms with van der Waals surface area (Å²) in [5, 5.41) is 6.60. The topological polar surface area (TPSA) is 64.0 Å². The summed E-state index contributed by atoms with van der Waals surface area (Å²) in [4.78, 5) is 17.5. The van der Waals surface area contributed by atoms with Gasteiger partial charge in [0, 0.05) is 12.6 Å². The van der Waals surface area contributed by atoms with E-state index in [0.29, 0.717) is 23.7 Å². The second kappa shape index (κ2) is 10.6. The fraction of sp³-hybridized carbons (Fsp3) is 0.138. The van der Waals surface area contributed by atoms with Crippen molar-refractivity contribution >= 4 is 23.2 Å². The van der Waals surface area contributed by atoms with Crippen LogP contribution >= 0.6 is 11.6 Å². The van der Waals surface area contributed by atoms with Crippen LogP contribution in [0, 0.1) is 0 Å². The molecule has 1 amide bonds. The molecule has 1 unspecified atom stereocenters. The lowest BCUT2D eigenvalue weighted by Gasteiger charge is -2.22. The lowest BCUT2D eigenvalue weighted by molar-refractivity contribution is 0.0710. The van der Waals surface area contributed by atoms with E-state index in [2.05, 4.69) is 4.98 Å². The molecule has 1 aliphatic heterocycles. The molecular formula is C29H24ClN3O3. The molecule has 0 bridgehead atoms. The Hall–Kier alpha value is -4.16. The van der Waals surface area contributed by atoms with Crippen molar-refractivity contribution in [3.8, 4) is 11.5 Å². The monoisotopic (exact) mass is 497 g/mol. The van der Waals surface area contributed by atoms with E-state index in [9.17, 15) is 4.79 Å². The molecule has 0 saturated carbocycles. The van der Waals surface area contributed by atoms with E-state index < -0.39 is 0 Å². The molecule has 0 fully saturated rings. The summed E-state index contributed by atoms with van der Waals surface area (Å²) in [5.41, 5.74) is 4.25. The van der Waals surface area contributed by atoms with E-state index in [1.165, 1.54) is 11.2 Å². The van der Waals surface area contributed by atoms with Gasteiger partial charge in [0.25, 0.3) is 5.91 Å². The number of ether oxygens (including phenoxy) is 2. The maximum Gasteiger partial charge on any atom is 0.276 e. The summed E-state index contributed by atoms with van der Waals surface area (Å²) in [5.74, 6) is 1.29. The highest BCUT2D eigenvalue weighted by molar-refractivity contribution is 6.29. The summed E-state index contributed by atoms with van der Waals surface area (Å²) < 4.78 is 11.2. The second-order valence-electron chi connectivity index (χ2n) is 8.36. The maximum absolute atomic E-state index is 13.4. The number of carbonyl (C=O) groups excluding carboxylic acids is 1. The minimum absolute atomic E-state index is 0.239. The second-order valence-corrected chi connectivity index (χ2v) is 8.74. The minimum atomic E-state index is -0.270. The molecule has 2 heterocycles. The van der Waals surface area contributed by atoms with Crippen LogP contribution in [0.5, 0.6) is 11.5 Å². The van der Waals surface area contributed by atoms with Crippen molar-refractivity contribution in [1.82, 2.24) is 9.99 Å². The Morgan fingerprint density at radius 1 is 0.944 bits per heavy atom. The van der Waals surface area contributed by atoms with Crippen molar-refractivity contribution in [3.63, 3.8) is 0 Å². The van der Waals surface area contributed by atoms with Gasteiger partial charge in [0.05, 0.1) is 24.4 Å².